The van der Waals surface area contributed by atoms with Gasteiger partial charge < -0.3 is 14.8 Å². The number of nitrogens with one attached hydrogen (secondary N) is 2. The van der Waals surface area contributed by atoms with E-state index >= 15 is 0 Å². The molecule has 0 heterocycles. The second-order valence-electron chi connectivity index (χ2n) is 4.50. The molecule has 0 aliphatic heterocycles. The van der Waals surface area contributed by atoms with Gasteiger partial charge in [-0.3, -0.25) is 4.79 Å². The molecule has 0 saturated heterocycles. The molecular weight excluding hydrogens is 324 g/mol. The molecule has 1 aromatic rings. The maximum atomic E-state index is 11.9. The van der Waals surface area contributed by atoms with Crippen LogP contribution in [0.4, 0.5) is 0 Å². The summed E-state index contributed by atoms with van der Waals surface area (Å²) in [5, 5.41) is 2.56. The number of rotatable bonds is 8. The van der Waals surface area contributed by atoms with Gasteiger partial charge in [-0.2, -0.15) is 0 Å². The fraction of sp³-hybridized carbons (Fsp3) is 0.429. The molecular formula is C14H20N2O6S. The summed E-state index contributed by atoms with van der Waals surface area (Å²) in [4.78, 5) is 23.1. The SMILES string of the molecule is CCCNC(=O)COC(=O)c1ccc(OC)c(S(=O)(=O)NC)c1. The summed E-state index contributed by atoms with van der Waals surface area (Å²) in [6.07, 6.45) is 0.767. The summed E-state index contributed by atoms with van der Waals surface area (Å²) in [6, 6.07) is 3.84. The zero-order chi connectivity index (χ0) is 17.5. The standard InChI is InChI=1S/C14H20N2O6S/c1-4-7-16-13(17)9-22-14(18)10-5-6-11(21-3)12(8-10)23(19,20)15-2/h5-6,8,15H,4,7,9H2,1-3H3,(H,16,17). The highest BCUT2D eigenvalue weighted by atomic mass is 32.2. The van der Waals surface area contributed by atoms with Gasteiger partial charge in [-0.25, -0.2) is 17.9 Å². The van der Waals surface area contributed by atoms with E-state index < -0.39 is 28.5 Å². The van der Waals surface area contributed by atoms with Gasteiger partial charge in [0.05, 0.1) is 12.7 Å². The van der Waals surface area contributed by atoms with Gasteiger partial charge in [0.15, 0.2) is 6.61 Å². The number of hydrogen-bond acceptors (Lipinski definition) is 6. The van der Waals surface area contributed by atoms with Crippen molar-refractivity contribution in [2.75, 3.05) is 27.3 Å². The van der Waals surface area contributed by atoms with Crippen LogP contribution >= 0.6 is 0 Å². The van der Waals surface area contributed by atoms with Crippen LogP contribution in [0.1, 0.15) is 23.7 Å². The Labute approximate surface area is 135 Å². The van der Waals surface area contributed by atoms with Crippen molar-refractivity contribution in [1.82, 2.24) is 10.0 Å². The molecule has 1 rings (SSSR count). The van der Waals surface area contributed by atoms with Crippen LogP contribution < -0.4 is 14.8 Å². The first kappa shape index (κ1) is 18.9. The highest BCUT2D eigenvalue weighted by Crippen LogP contribution is 2.24. The largest absolute Gasteiger partial charge is 0.495 e. The van der Waals surface area contributed by atoms with Crippen LogP contribution in [0.25, 0.3) is 0 Å². The Morgan fingerprint density at radius 1 is 1.26 bits per heavy atom. The quantitative estimate of drug-likeness (QED) is 0.656. The van der Waals surface area contributed by atoms with E-state index in [0.29, 0.717) is 6.54 Å². The van der Waals surface area contributed by atoms with E-state index in [4.69, 9.17) is 9.47 Å². The van der Waals surface area contributed by atoms with Gasteiger partial charge in [-0.05, 0) is 31.7 Å². The predicted molar refractivity (Wildman–Crippen MR) is 82.8 cm³/mol. The van der Waals surface area contributed by atoms with Crippen molar-refractivity contribution in [2.45, 2.75) is 18.2 Å². The minimum absolute atomic E-state index is 0.00270. The van der Waals surface area contributed by atoms with Crippen LogP contribution in [0.2, 0.25) is 0 Å². The lowest BCUT2D eigenvalue weighted by Gasteiger charge is -2.11. The summed E-state index contributed by atoms with van der Waals surface area (Å²) in [6.45, 7) is 1.95. The first-order valence-electron chi connectivity index (χ1n) is 6.91. The molecule has 0 bridgehead atoms. The van der Waals surface area contributed by atoms with E-state index in [0.717, 1.165) is 12.5 Å². The second-order valence-corrected chi connectivity index (χ2v) is 6.35. The summed E-state index contributed by atoms with van der Waals surface area (Å²) >= 11 is 0. The molecule has 0 unspecified atom stereocenters. The van der Waals surface area contributed by atoms with Gasteiger partial charge in [0.1, 0.15) is 10.6 Å². The molecule has 2 N–H and O–H groups in total. The van der Waals surface area contributed by atoms with Crippen LogP contribution in [-0.4, -0.2) is 47.6 Å². The topological polar surface area (TPSA) is 111 Å². The molecule has 0 saturated carbocycles. The van der Waals surface area contributed by atoms with Crippen molar-refractivity contribution >= 4 is 21.9 Å². The lowest BCUT2D eigenvalue weighted by Crippen LogP contribution is -2.29. The minimum Gasteiger partial charge on any atom is -0.495 e. The van der Waals surface area contributed by atoms with Gasteiger partial charge in [0, 0.05) is 6.54 Å². The van der Waals surface area contributed by atoms with Crippen LogP contribution in [-0.2, 0) is 19.6 Å². The minimum atomic E-state index is -3.80. The number of hydrogen-bond donors (Lipinski definition) is 2. The molecule has 0 aliphatic rings. The number of sulfonamides is 1. The van der Waals surface area contributed by atoms with Crippen LogP contribution in [0, 0.1) is 0 Å². The second kappa shape index (κ2) is 8.49. The Morgan fingerprint density at radius 2 is 1.96 bits per heavy atom. The van der Waals surface area contributed by atoms with E-state index in [1.807, 2.05) is 6.92 Å². The Hall–Kier alpha value is -2.13. The van der Waals surface area contributed by atoms with Crippen molar-refractivity contribution < 1.29 is 27.5 Å². The number of ether oxygens (including phenoxy) is 2. The number of esters is 1. The van der Waals surface area contributed by atoms with E-state index in [1.54, 1.807) is 0 Å². The zero-order valence-corrected chi connectivity index (χ0v) is 14.0. The third-order valence-electron chi connectivity index (χ3n) is 2.86. The van der Waals surface area contributed by atoms with E-state index in [2.05, 4.69) is 10.0 Å². The molecule has 8 nitrogen and oxygen atoms in total. The maximum Gasteiger partial charge on any atom is 0.338 e. The normalized spacial score (nSPS) is 10.9. The Balaban J connectivity index is 2.90. The van der Waals surface area contributed by atoms with Gasteiger partial charge in [0.2, 0.25) is 10.0 Å². The number of carbonyl (C=O) groups excluding carboxylic acids is 2. The molecule has 0 fully saturated rings. The first-order chi connectivity index (χ1) is 10.9. The molecule has 128 valence electrons. The summed E-state index contributed by atoms with van der Waals surface area (Å²) in [5.74, 6) is -1.12. The molecule has 0 atom stereocenters. The molecule has 0 radical (unpaired) electrons. The van der Waals surface area contributed by atoms with Crippen LogP contribution in [0.15, 0.2) is 23.1 Å². The van der Waals surface area contributed by atoms with Crippen molar-refractivity contribution in [3.05, 3.63) is 23.8 Å². The zero-order valence-electron chi connectivity index (χ0n) is 13.2. The number of benzene rings is 1. The summed E-state index contributed by atoms with van der Waals surface area (Å²) < 4.78 is 35.8. The number of amides is 1. The third-order valence-corrected chi connectivity index (χ3v) is 4.30. The summed E-state index contributed by atoms with van der Waals surface area (Å²) in [5.41, 5.74) is 0.00270. The third kappa shape index (κ3) is 5.22. The van der Waals surface area contributed by atoms with Crippen molar-refractivity contribution in [1.29, 1.82) is 0 Å². The predicted octanol–water partition coefficient (Wildman–Crippen LogP) is 0.286. The van der Waals surface area contributed by atoms with Crippen LogP contribution in [0.3, 0.4) is 0 Å². The number of methoxy groups -OCH3 is 1. The average molecular weight is 344 g/mol. The van der Waals surface area contributed by atoms with Crippen molar-refractivity contribution in [2.24, 2.45) is 0 Å². The Bertz CT molecular complexity index is 672. The summed E-state index contributed by atoms with van der Waals surface area (Å²) in [7, 11) is -1.23. The lowest BCUT2D eigenvalue weighted by molar-refractivity contribution is -0.124. The highest BCUT2D eigenvalue weighted by molar-refractivity contribution is 7.89. The van der Waals surface area contributed by atoms with Gasteiger partial charge in [0.25, 0.3) is 5.91 Å². The van der Waals surface area contributed by atoms with Crippen molar-refractivity contribution in [3.63, 3.8) is 0 Å². The van der Waals surface area contributed by atoms with E-state index in [1.165, 1.54) is 26.3 Å². The fourth-order valence-corrected chi connectivity index (χ4v) is 2.57. The fourth-order valence-electron chi connectivity index (χ4n) is 1.65. The molecule has 0 aromatic heterocycles. The molecule has 1 amide bonds. The van der Waals surface area contributed by atoms with Gasteiger partial charge in [-0.1, -0.05) is 6.92 Å². The smallest absolute Gasteiger partial charge is 0.338 e. The van der Waals surface area contributed by atoms with Gasteiger partial charge >= 0.3 is 5.97 Å². The Kier molecular flexibility index (Phi) is 6.98. The molecule has 23 heavy (non-hydrogen) atoms. The number of carbonyl (C=O) groups is 2. The molecule has 0 spiro atoms. The average Bonchev–Trinajstić information content (AvgIpc) is 2.57. The maximum absolute atomic E-state index is 11.9. The molecule has 0 aliphatic carbocycles. The molecule has 1 aromatic carbocycles. The van der Waals surface area contributed by atoms with Crippen LogP contribution in [0.5, 0.6) is 5.75 Å². The van der Waals surface area contributed by atoms with Crippen molar-refractivity contribution in [3.8, 4) is 5.75 Å². The monoisotopic (exact) mass is 344 g/mol. The van der Waals surface area contributed by atoms with E-state index in [9.17, 15) is 18.0 Å². The molecule has 9 heteroatoms. The highest BCUT2D eigenvalue weighted by Gasteiger charge is 2.21. The Morgan fingerprint density at radius 3 is 2.52 bits per heavy atom. The van der Waals surface area contributed by atoms with E-state index in [-0.39, 0.29) is 16.2 Å². The van der Waals surface area contributed by atoms with Gasteiger partial charge in [-0.15, -0.1) is 0 Å². The first-order valence-corrected chi connectivity index (χ1v) is 8.39. The lowest BCUT2D eigenvalue weighted by atomic mass is 10.2.